The Morgan fingerprint density at radius 2 is 2.31 bits per heavy atom. The average molecular weight is 303 g/mol. The lowest BCUT2D eigenvalue weighted by Crippen LogP contribution is -2.31. The predicted molar refractivity (Wildman–Crippen MR) is 69.2 cm³/mol. The highest BCUT2D eigenvalue weighted by atomic mass is 79.9. The molecule has 1 aromatic rings. The predicted octanol–water partition coefficient (Wildman–Crippen LogP) is 4.13. The number of esters is 1. The Hall–Kier alpha value is -0.350. The van der Waals surface area contributed by atoms with Gasteiger partial charge in [-0.3, -0.25) is 0 Å². The first kappa shape index (κ1) is 12.1. The van der Waals surface area contributed by atoms with Crippen molar-refractivity contribution in [1.29, 1.82) is 0 Å². The molecule has 0 aliphatic heterocycles. The molecule has 1 heterocycles. The van der Waals surface area contributed by atoms with Gasteiger partial charge in [-0.1, -0.05) is 13.3 Å². The van der Waals surface area contributed by atoms with Crippen LogP contribution in [0, 0.1) is 0 Å². The van der Waals surface area contributed by atoms with E-state index in [-0.39, 0.29) is 11.4 Å². The molecule has 1 fully saturated rings. The van der Waals surface area contributed by atoms with Gasteiger partial charge in [0.2, 0.25) is 0 Å². The third kappa shape index (κ3) is 2.05. The Morgan fingerprint density at radius 3 is 2.81 bits per heavy atom. The molecule has 0 spiro atoms. The number of rotatable bonds is 3. The Kier molecular flexibility index (Phi) is 3.40. The molecule has 2 rings (SSSR count). The largest absolute Gasteiger partial charge is 0.462 e. The van der Waals surface area contributed by atoms with Gasteiger partial charge in [0.15, 0.2) is 0 Å². The van der Waals surface area contributed by atoms with Crippen LogP contribution < -0.4 is 0 Å². The lowest BCUT2D eigenvalue weighted by Gasteiger charge is -2.38. The van der Waals surface area contributed by atoms with E-state index in [4.69, 9.17) is 4.74 Å². The van der Waals surface area contributed by atoms with Crippen LogP contribution in [0.4, 0.5) is 0 Å². The number of hydrogen-bond acceptors (Lipinski definition) is 3. The van der Waals surface area contributed by atoms with E-state index in [1.54, 1.807) is 0 Å². The topological polar surface area (TPSA) is 26.3 Å². The molecular formula is C12H15BrO2S. The molecule has 1 aliphatic rings. The molecule has 0 saturated heterocycles. The molecule has 0 amide bonds. The van der Waals surface area contributed by atoms with Crippen LogP contribution in [0.1, 0.15) is 48.3 Å². The van der Waals surface area contributed by atoms with Crippen LogP contribution in [0.5, 0.6) is 0 Å². The van der Waals surface area contributed by atoms with Crippen LogP contribution in [0.15, 0.2) is 9.85 Å². The summed E-state index contributed by atoms with van der Waals surface area (Å²) in [6.07, 6.45) is 3.59. The maximum atomic E-state index is 11.8. The van der Waals surface area contributed by atoms with Gasteiger partial charge in [-0.15, -0.1) is 11.3 Å². The standard InChI is InChI=1S/C12H15BrO2S/c1-3-15-11(14)10-8(7-9(13)16-10)12(2)5-4-6-12/h7H,3-6H2,1-2H3. The van der Waals surface area contributed by atoms with E-state index in [0.717, 1.165) is 14.2 Å². The van der Waals surface area contributed by atoms with Crippen LogP contribution in [0.3, 0.4) is 0 Å². The summed E-state index contributed by atoms with van der Waals surface area (Å²) in [7, 11) is 0. The molecule has 88 valence electrons. The van der Waals surface area contributed by atoms with Crippen LogP contribution in [-0.2, 0) is 10.2 Å². The summed E-state index contributed by atoms with van der Waals surface area (Å²) in [5.74, 6) is -0.179. The summed E-state index contributed by atoms with van der Waals surface area (Å²) in [5.41, 5.74) is 1.35. The van der Waals surface area contributed by atoms with Gasteiger partial charge in [0.1, 0.15) is 4.88 Å². The van der Waals surface area contributed by atoms with Gasteiger partial charge in [-0.05, 0) is 52.7 Å². The molecule has 0 bridgehead atoms. The van der Waals surface area contributed by atoms with Gasteiger partial charge >= 0.3 is 5.97 Å². The van der Waals surface area contributed by atoms with Crippen molar-refractivity contribution in [3.05, 3.63) is 20.3 Å². The van der Waals surface area contributed by atoms with Crippen LogP contribution in [0.2, 0.25) is 0 Å². The Labute approximate surface area is 108 Å². The summed E-state index contributed by atoms with van der Waals surface area (Å²) in [6.45, 7) is 4.50. The van der Waals surface area contributed by atoms with Gasteiger partial charge < -0.3 is 4.74 Å². The van der Waals surface area contributed by atoms with Gasteiger partial charge in [0, 0.05) is 0 Å². The minimum atomic E-state index is -0.179. The lowest BCUT2D eigenvalue weighted by molar-refractivity contribution is 0.0527. The highest BCUT2D eigenvalue weighted by Crippen LogP contribution is 2.47. The Morgan fingerprint density at radius 1 is 1.62 bits per heavy atom. The van der Waals surface area contributed by atoms with Crippen molar-refractivity contribution in [3.8, 4) is 0 Å². The molecule has 16 heavy (non-hydrogen) atoms. The van der Waals surface area contributed by atoms with Crippen LogP contribution >= 0.6 is 27.3 Å². The molecule has 2 nitrogen and oxygen atoms in total. The second-order valence-corrected chi connectivity index (χ2v) is 6.86. The fourth-order valence-corrected chi connectivity index (χ4v) is 3.78. The number of ether oxygens (including phenoxy) is 1. The zero-order valence-electron chi connectivity index (χ0n) is 9.51. The van der Waals surface area contributed by atoms with Crippen LogP contribution in [-0.4, -0.2) is 12.6 Å². The average Bonchev–Trinajstić information content (AvgIpc) is 2.57. The first-order valence-electron chi connectivity index (χ1n) is 5.54. The normalized spacial score (nSPS) is 17.9. The zero-order valence-corrected chi connectivity index (χ0v) is 11.9. The first-order valence-corrected chi connectivity index (χ1v) is 7.15. The monoisotopic (exact) mass is 302 g/mol. The second-order valence-electron chi connectivity index (χ2n) is 4.43. The highest BCUT2D eigenvalue weighted by molar-refractivity contribution is 9.11. The minimum Gasteiger partial charge on any atom is -0.462 e. The lowest BCUT2D eigenvalue weighted by atomic mass is 9.66. The smallest absolute Gasteiger partial charge is 0.348 e. The quantitative estimate of drug-likeness (QED) is 0.785. The van der Waals surface area contributed by atoms with Crippen molar-refractivity contribution in [1.82, 2.24) is 0 Å². The van der Waals surface area contributed by atoms with E-state index in [0.29, 0.717) is 6.61 Å². The van der Waals surface area contributed by atoms with Gasteiger partial charge in [0.25, 0.3) is 0 Å². The van der Waals surface area contributed by atoms with Crippen molar-refractivity contribution < 1.29 is 9.53 Å². The fourth-order valence-electron chi connectivity index (χ4n) is 2.13. The number of carbonyl (C=O) groups is 1. The van der Waals surface area contributed by atoms with Crippen molar-refractivity contribution in [2.24, 2.45) is 0 Å². The number of hydrogen-bond donors (Lipinski definition) is 0. The summed E-state index contributed by atoms with van der Waals surface area (Å²) in [4.78, 5) is 12.6. The van der Waals surface area contributed by atoms with Gasteiger partial charge in [0.05, 0.1) is 10.4 Å². The molecular weight excluding hydrogens is 288 g/mol. The van der Waals surface area contributed by atoms with E-state index in [9.17, 15) is 4.79 Å². The molecule has 0 radical (unpaired) electrons. The van der Waals surface area contributed by atoms with Gasteiger partial charge in [-0.25, -0.2) is 4.79 Å². The third-order valence-electron chi connectivity index (χ3n) is 3.27. The van der Waals surface area contributed by atoms with E-state index in [2.05, 4.69) is 28.9 Å². The molecule has 0 aromatic carbocycles. The van der Waals surface area contributed by atoms with E-state index >= 15 is 0 Å². The molecule has 1 saturated carbocycles. The fraction of sp³-hybridized carbons (Fsp3) is 0.583. The summed E-state index contributed by atoms with van der Waals surface area (Å²) < 4.78 is 6.11. The number of thiophene rings is 1. The van der Waals surface area contributed by atoms with E-state index < -0.39 is 0 Å². The first-order chi connectivity index (χ1) is 7.57. The SMILES string of the molecule is CCOC(=O)c1sc(Br)cc1C1(C)CCC1. The Bertz CT molecular complexity index is 407. The third-order valence-corrected chi connectivity index (χ3v) is 4.89. The second kappa shape index (κ2) is 4.49. The molecule has 0 unspecified atom stereocenters. The highest BCUT2D eigenvalue weighted by Gasteiger charge is 2.38. The van der Waals surface area contributed by atoms with Crippen molar-refractivity contribution in [2.75, 3.05) is 6.61 Å². The van der Waals surface area contributed by atoms with Crippen LogP contribution in [0.25, 0.3) is 0 Å². The van der Waals surface area contributed by atoms with Gasteiger partial charge in [-0.2, -0.15) is 0 Å². The maximum Gasteiger partial charge on any atom is 0.348 e. The molecule has 0 N–H and O–H groups in total. The maximum absolute atomic E-state index is 11.8. The van der Waals surface area contributed by atoms with Crippen molar-refractivity contribution >= 4 is 33.2 Å². The van der Waals surface area contributed by atoms with E-state index in [1.807, 2.05) is 6.92 Å². The van der Waals surface area contributed by atoms with Crippen molar-refractivity contribution in [2.45, 2.75) is 38.5 Å². The number of halogens is 1. The molecule has 4 heteroatoms. The summed E-state index contributed by atoms with van der Waals surface area (Å²) in [6, 6.07) is 2.08. The minimum absolute atomic E-state index is 0.179. The molecule has 0 atom stereocenters. The summed E-state index contributed by atoms with van der Waals surface area (Å²) >= 11 is 4.94. The number of carbonyl (C=O) groups excluding carboxylic acids is 1. The van der Waals surface area contributed by atoms with Crippen molar-refractivity contribution in [3.63, 3.8) is 0 Å². The zero-order chi connectivity index (χ0) is 11.8. The summed E-state index contributed by atoms with van der Waals surface area (Å²) in [5, 5.41) is 0. The Balaban J connectivity index is 2.34. The van der Waals surface area contributed by atoms with E-state index in [1.165, 1.54) is 30.6 Å². The molecule has 1 aliphatic carbocycles. The molecule has 1 aromatic heterocycles.